The van der Waals surface area contributed by atoms with Gasteiger partial charge in [-0.25, -0.2) is 0 Å². The molecule has 0 N–H and O–H groups in total. The first-order valence-electron chi connectivity index (χ1n) is 5.57. The van der Waals surface area contributed by atoms with Crippen molar-refractivity contribution in [2.45, 2.75) is 12.8 Å². The van der Waals surface area contributed by atoms with Crippen molar-refractivity contribution in [2.75, 3.05) is 4.90 Å². The Morgan fingerprint density at radius 1 is 1.11 bits per heavy atom. The Hall–Kier alpha value is -1.94. The number of pyridine rings is 1. The number of anilines is 1. The summed E-state index contributed by atoms with van der Waals surface area (Å²) in [6.45, 7) is 0. The summed E-state index contributed by atoms with van der Waals surface area (Å²) in [4.78, 5) is 28.7. The van der Waals surface area contributed by atoms with Crippen molar-refractivity contribution in [1.82, 2.24) is 4.98 Å². The minimum Gasteiger partial charge on any atom is -0.274 e. The second kappa shape index (κ2) is 4.07. The highest BCUT2D eigenvalue weighted by molar-refractivity contribution is 6.35. The SMILES string of the molecule is O=C1CCC(=O)N1c1ccc2c(Cl)ccnc2c1. The topological polar surface area (TPSA) is 50.3 Å². The number of halogens is 1. The zero-order chi connectivity index (χ0) is 12.7. The molecule has 18 heavy (non-hydrogen) atoms. The summed E-state index contributed by atoms with van der Waals surface area (Å²) in [6.07, 6.45) is 2.15. The van der Waals surface area contributed by atoms with Crippen molar-refractivity contribution in [3.05, 3.63) is 35.5 Å². The van der Waals surface area contributed by atoms with Crippen LogP contribution in [0.3, 0.4) is 0 Å². The van der Waals surface area contributed by atoms with Crippen LogP contribution in [0.25, 0.3) is 10.9 Å². The Kier molecular flexibility index (Phi) is 2.52. The maximum atomic E-state index is 11.6. The first-order chi connectivity index (χ1) is 8.66. The molecule has 1 saturated heterocycles. The number of rotatable bonds is 1. The fourth-order valence-corrected chi connectivity index (χ4v) is 2.32. The van der Waals surface area contributed by atoms with E-state index in [0.29, 0.717) is 16.2 Å². The summed E-state index contributed by atoms with van der Waals surface area (Å²) in [5, 5.41) is 1.41. The summed E-state index contributed by atoms with van der Waals surface area (Å²) in [7, 11) is 0. The number of amides is 2. The molecule has 0 atom stereocenters. The van der Waals surface area contributed by atoms with Gasteiger partial charge in [0.05, 0.1) is 16.2 Å². The van der Waals surface area contributed by atoms with E-state index in [1.807, 2.05) is 0 Å². The lowest BCUT2D eigenvalue weighted by atomic mass is 10.2. The van der Waals surface area contributed by atoms with E-state index in [2.05, 4.69) is 4.98 Å². The van der Waals surface area contributed by atoms with Crippen molar-refractivity contribution in [3.8, 4) is 0 Å². The molecule has 4 nitrogen and oxygen atoms in total. The van der Waals surface area contributed by atoms with Gasteiger partial charge in [0, 0.05) is 24.4 Å². The number of carbonyl (C=O) groups excluding carboxylic acids is 2. The third-order valence-corrected chi connectivity index (χ3v) is 3.31. The number of hydrogen-bond donors (Lipinski definition) is 0. The monoisotopic (exact) mass is 260 g/mol. The number of benzene rings is 1. The molecule has 2 heterocycles. The summed E-state index contributed by atoms with van der Waals surface area (Å²) in [6, 6.07) is 6.91. The third-order valence-electron chi connectivity index (χ3n) is 2.98. The van der Waals surface area contributed by atoms with Gasteiger partial charge < -0.3 is 0 Å². The van der Waals surface area contributed by atoms with Crippen LogP contribution in [0.2, 0.25) is 5.02 Å². The molecule has 1 aliphatic rings. The van der Waals surface area contributed by atoms with Crippen LogP contribution in [0.5, 0.6) is 0 Å². The quantitative estimate of drug-likeness (QED) is 0.741. The fraction of sp³-hybridized carbons (Fsp3) is 0.154. The Morgan fingerprint density at radius 2 is 1.83 bits per heavy atom. The molecule has 1 fully saturated rings. The fourth-order valence-electron chi connectivity index (χ4n) is 2.11. The highest BCUT2D eigenvalue weighted by Gasteiger charge is 2.30. The molecule has 1 aromatic carbocycles. The van der Waals surface area contributed by atoms with E-state index in [1.54, 1.807) is 30.5 Å². The van der Waals surface area contributed by atoms with E-state index in [1.165, 1.54) is 4.90 Å². The summed E-state index contributed by atoms with van der Waals surface area (Å²) in [5.41, 5.74) is 1.23. The third kappa shape index (κ3) is 1.66. The summed E-state index contributed by atoms with van der Waals surface area (Å²) >= 11 is 6.04. The van der Waals surface area contributed by atoms with Gasteiger partial charge in [0.1, 0.15) is 0 Å². The Labute approximate surface area is 108 Å². The molecule has 0 aliphatic carbocycles. The van der Waals surface area contributed by atoms with Gasteiger partial charge >= 0.3 is 0 Å². The number of aromatic nitrogens is 1. The van der Waals surface area contributed by atoms with Crippen LogP contribution in [0.15, 0.2) is 30.5 Å². The van der Waals surface area contributed by atoms with Crippen LogP contribution in [0.4, 0.5) is 5.69 Å². The average Bonchev–Trinajstić information content (AvgIpc) is 2.69. The highest BCUT2D eigenvalue weighted by atomic mass is 35.5. The first-order valence-corrected chi connectivity index (χ1v) is 5.94. The number of carbonyl (C=O) groups is 2. The maximum Gasteiger partial charge on any atom is 0.234 e. The minimum atomic E-state index is -0.165. The van der Waals surface area contributed by atoms with Gasteiger partial charge in [0.15, 0.2) is 0 Å². The summed E-state index contributed by atoms with van der Waals surface area (Å²) in [5.74, 6) is -0.331. The number of fused-ring (bicyclic) bond motifs is 1. The minimum absolute atomic E-state index is 0.165. The zero-order valence-corrected chi connectivity index (χ0v) is 10.1. The van der Waals surface area contributed by atoms with Crippen molar-refractivity contribution in [1.29, 1.82) is 0 Å². The molecule has 2 amide bonds. The second-order valence-corrected chi connectivity index (χ2v) is 4.52. The van der Waals surface area contributed by atoms with Crippen molar-refractivity contribution < 1.29 is 9.59 Å². The molecule has 1 aliphatic heterocycles. The van der Waals surface area contributed by atoms with Gasteiger partial charge in [0.2, 0.25) is 11.8 Å². The van der Waals surface area contributed by atoms with E-state index in [0.717, 1.165) is 5.39 Å². The molecule has 0 saturated carbocycles. The van der Waals surface area contributed by atoms with E-state index >= 15 is 0 Å². The van der Waals surface area contributed by atoms with Crippen molar-refractivity contribution >= 4 is 40.0 Å². The molecule has 3 rings (SSSR count). The average molecular weight is 261 g/mol. The van der Waals surface area contributed by atoms with Gasteiger partial charge in [-0.1, -0.05) is 11.6 Å². The Bertz CT molecular complexity index is 653. The molecule has 0 bridgehead atoms. The lowest BCUT2D eigenvalue weighted by molar-refractivity contribution is -0.121. The van der Waals surface area contributed by atoms with Gasteiger partial charge in [-0.3, -0.25) is 19.5 Å². The molecule has 0 spiro atoms. The number of nitrogens with zero attached hydrogens (tertiary/aromatic N) is 2. The lowest BCUT2D eigenvalue weighted by Gasteiger charge is -2.14. The zero-order valence-electron chi connectivity index (χ0n) is 9.39. The van der Waals surface area contributed by atoms with Crippen LogP contribution in [-0.4, -0.2) is 16.8 Å². The number of imide groups is 1. The molecular formula is C13H9ClN2O2. The highest BCUT2D eigenvalue weighted by Crippen LogP contribution is 2.28. The first kappa shape index (κ1) is 11.2. The van der Waals surface area contributed by atoms with Crippen molar-refractivity contribution in [3.63, 3.8) is 0 Å². The molecule has 90 valence electrons. The predicted octanol–water partition coefficient (Wildman–Crippen LogP) is 2.54. The van der Waals surface area contributed by atoms with E-state index in [4.69, 9.17) is 11.6 Å². The van der Waals surface area contributed by atoms with Gasteiger partial charge in [-0.05, 0) is 24.3 Å². The van der Waals surface area contributed by atoms with Gasteiger partial charge in [0.25, 0.3) is 0 Å². The lowest BCUT2D eigenvalue weighted by Crippen LogP contribution is -2.28. The maximum absolute atomic E-state index is 11.6. The van der Waals surface area contributed by atoms with Crippen LogP contribution < -0.4 is 4.90 Å². The molecule has 0 radical (unpaired) electrons. The molecule has 1 aromatic heterocycles. The van der Waals surface area contributed by atoms with Crippen LogP contribution >= 0.6 is 11.6 Å². The molecule has 5 heteroatoms. The van der Waals surface area contributed by atoms with E-state index < -0.39 is 0 Å². The summed E-state index contributed by atoms with van der Waals surface area (Å²) < 4.78 is 0. The predicted molar refractivity (Wildman–Crippen MR) is 68.5 cm³/mol. The van der Waals surface area contributed by atoms with Crippen LogP contribution in [0.1, 0.15) is 12.8 Å². The second-order valence-electron chi connectivity index (χ2n) is 4.12. The Balaban J connectivity index is 2.14. The van der Waals surface area contributed by atoms with E-state index in [9.17, 15) is 9.59 Å². The smallest absolute Gasteiger partial charge is 0.234 e. The Morgan fingerprint density at radius 3 is 2.56 bits per heavy atom. The standard InChI is InChI=1S/C13H9ClN2O2/c14-10-5-6-15-11-7-8(1-2-9(10)11)16-12(17)3-4-13(16)18/h1-2,5-7H,3-4H2. The molecule has 2 aromatic rings. The van der Waals surface area contributed by atoms with Crippen LogP contribution in [-0.2, 0) is 9.59 Å². The number of hydrogen-bond acceptors (Lipinski definition) is 3. The molecular weight excluding hydrogens is 252 g/mol. The normalized spacial score (nSPS) is 15.7. The van der Waals surface area contributed by atoms with Gasteiger partial charge in [-0.15, -0.1) is 0 Å². The molecule has 0 unspecified atom stereocenters. The van der Waals surface area contributed by atoms with Gasteiger partial charge in [-0.2, -0.15) is 0 Å². The van der Waals surface area contributed by atoms with Crippen molar-refractivity contribution in [2.24, 2.45) is 0 Å². The van der Waals surface area contributed by atoms with E-state index in [-0.39, 0.29) is 24.7 Å². The van der Waals surface area contributed by atoms with Crippen LogP contribution in [0, 0.1) is 0 Å². The largest absolute Gasteiger partial charge is 0.274 e.